The summed E-state index contributed by atoms with van der Waals surface area (Å²) in [5.74, 6) is -1.12. The van der Waals surface area contributed by atoms with Crippen molar-refractivity contribution in [3.05, 3.63) is 29.8 Å². The third-order valence-electron chi connectivity index (χ3n) is 3.31. The van der Waals surface area contributed by atoms with Crippen molar-refractivity contribution in [2.24, 2.45) is 0 Å². The molecule has 1 aliphatic rings. The van der Waals surface area contributed by atoms with Gasteiger partial charge in [-0.3, -0.25) is 0 Å². The van der Waals surface area contributed by atoms with E-state index < -0.39 is 24.1 Å². The van der Waals surface area contributed by atoms with Crippen LogP contribution in [0, 0.1) is 0 Å². The Morgan fingerprint density at radius 1 is 1.48 bits per heavy atom. The Balaban J connectivity index is 2.07. The van der Waals surface area contributed by atoms with Crippen molar-refractivity contribution in [2.75, 3.05) is 19.0 Å². The van der Waals surface area contributed by atoms with Gasteiger partial charge in [0.05, 0.1) is 12.7 Å². The highest BCUT2D eigenvalue weighted by Gasteiger charge is 2.38. The Bertz CT molecular complexity index is 534. The number of methoxy groups -OCH3 is 1. The number of β-amino-alcohol motifs (C(OH)–C–C–N with tert-alkyl or cyclic N) is 1. The van der Waals surface area contributed by atoms with E-state index in [9.17, 15) is 14.7 Å². The minimum absolute atomic E-state index is 0.0144. The van der Waals surface area contributed by atoms with Gasteiger partial charge >= 0.3 is 12.0 Å². The Kier molecular flexibility index (Phi) is 4.77. The van der Waals surface area contributed by atoms with E-state index in [0.29, 0.717) is 12.3 Å². The van der Waals surface area contributed by atoms with E-state index in [-0.39, 0.29) is 13.0 Å². The third-order valence-corrected chi connectivity index (χ3v) is 3.31. The van der Waals surface area contributed by atoms with Gasteiger partial charge in [0, 0.05) is 25.8 Å². The number of likely N-dealkylation sites (tertiary alicyclic amines) is 1. The Morgan fingerprint density at radius 3 is 2.90 bits per heavy atom. The number of carbonyl (C=O) groups excluding carboxylic acids is 1. The summed E-state index contributed by atoms with van der Waals surface area (Å²) in [5, 5.41) is 21.3. The molecule has 1 aliphatic heterocycles. The van der Waals surface area contributed by atoms with Gasteiger partial charge in [-0.1, -0.05) is 12.1 Å². The summed E-state index contributed by atoms with van der Waals surface area (Å²) in [6, 6.07) is 5.56. The van der Waals surface area contributed by atoms with Gasteiger partial charge in [0.25, 0.3) is 0 Å². The molecule has 0 unspecified atom stereocenters. The molecule has 21 heavy (non-hydrogen) atoms. The number of benzene rings is 1. The zero-order chi connectivity index (χ0) is 15.4. The molecule has 1 aromatic rings. The molecule has 3 N–H and O–H groups in total. The monoisotopic (exact) mass is 294 g/mol. The molecule has 7 heteroatoms. The summed E-state index contributed by atoms with van der Waals surface area (Å²) in [6.07, 6.45) is -0.761. The maximum atomic E-state index is 12.2. The topological polar surface area (TPSA) is 99.1 Å². The molecule has 1 fully saturated rings. The lowest BCUT2D eigenvalue weighted by Gasteiger charge is -2.21. The summed E-state index contributed by atoms with van der Waals surface area (Å²) in [6.45, 7) is 0.435. The van der Waals surface area contributed by atoms with Gasteiger partial charge in [-0.05, 0) is 17.7 Å². The van der Waals surface area contributed by atoms with Crippen molar-refractivity contribution in [3.8, 4) is 0 Å². The van der Waals surface area contributed by atoms with E-state index in [1.807, 2.05) is 6.07 Å². The third kappa shape index (κ3) is 3.71. The first-order valence-corrected chi connectivity index (χ1v) is 6.57. The second-order valence-electron chi connectivity index (χ2n) is 4.96. The van der Waals surface area contributed by atoms with Gasteiger partial charge in [0.1, 0.15) is 6.04 Å². The van der Waals surface area contributed by atoms with Crippen molar-refractivity contribution < 1.29 is 24.5 Å². The number of ether oxygens (including phenoxy) is 1. The lowest BCUT2D eigenvalue weighted by Crippen LogP contribution is -2.43. The van der Waals surface area contributed by atoms with Crippen LogP contribution in [-0.4, -0.2) is 52.9 Å². The van der Waals surface area contributed by atoms with Gasteiger partial charge in [-0.2, -0.15) is 0 Å². The SMILES string of the molecule is COCc1cccc(NC(=O)N2C[C@H](O)C[C@H]2C(=O)O)c1. The molecule has 1 heterocycles. The minimum atomic E-state index is -1.12. The molecule has 0 aliphatic carbocycles. The van der Waals surface area contributed by atoms with Crippen LogP contribution in [0.5, 0.6) is 0 Å². The number of rotatable bonds is 4. The van der Waals surface area contributed by atoms with Crippen LogP contribution < -0.4 is 5.32 Å². The molecule has 2 rings (SSSR count). The van der Waals surface area contributed by atoms with Crippen molar-refractivity contribution in [2.45, 2.75) is 25.2 Å². The summed E-state index contributed by atoms with van der Waals surface area (Å²) in [7, 11) is 1.58. The van der Waals surface area contributed by atoms with E-state index in [2.05, 4.69) is 5.32 Å². The molecule has 2 amide bonds. The van der Waals surface area contributed by atoms with Crippen LogP contribution in [0.15, 0.2) is 24.3 Å². The Hall–Kier alpha value is -2.12. The number of urea groups is 1. The highest BCUT2D eigenvalue weighted by Crippen LogP contribution is 2.20. The molecular formula is C14H18N2O5. The molecule has 0 radical (unpaired) electrons. The van der Waals surface area contributed by atoms with E-state index in [1.54, 1.807) is 25.3 Å². The van der Waals surface area contributed by atoms with Crippen LogP contribution in [0.1, 0.15) is 12.0 Å². The second-order valence-corrected chi connectivity index (χ2v) is 4.96. The van der Waals surface area contributed by atoms with Gasteiger partial charge < -0.3 is 25.2 Å². The summed E-state index contributed by atoms with van der Waals surface area (Å²) < 4.78 is 5.02. The average Bonchev–Trinajstić information content (AvgIpc) is 2.82. The van der Waals surface area contributed by atoms with Crippen LogP contribution in [0.25, 0.3) is 0 Å². The number of anilines is 1. The van der Waals surface area contributed by atoms with Crippen molar-refractivity contribution in [1.82, 2.24) is 4.90 Å². The first kappa shape index (κ1) is 15.3. The number of carboxylic acids is 1. The van der Waals surface area contributed by atoms with Crippen LogP contribution in [0.3, 0.4) is 0 Å². The molecule has 2 atom stereocenters. The van der Waals surface area contributed by atoms with Gasteiger partial charge in [-0.25, -0.2) is 9.59 Å². The molecule has 0 aromatic heterocycles. The highest BCUT2D eigenvalue weighted by molar-refractivity contribution is 5.92. The molecule has 1 saturated heterocycles. The number of nitrogens with zero attached hydrogens (tertiary/aromatic N) is 1. The number of carbonyl (C=O) groups is 2. The summed E-state index contributed by atoms with van der Waals surface area (Å²) in [5.41, 5.74) is 1.45. The minimum Gasteiger partial charge on any atom is -0.480 e. The summed E-state index contributed by atoms with van der Waals surface area (Å²) in [4.78, 5) is 24.4. The average molecular weight is 294 g/mol. The predicted molar refractivity (Wildman–Crippen MR) is 74.9 cm³/mol. The lowest BCUT2D eigenvalue weighted by atomic mass is 10.2. The first-order chi connectivity index (χ1) is 10.0. The maximum Gasteiger partial charge on any atom is 0.326 e. The number of amides is 2. The fraction of sp³-hybridized carbons (Fsp3) is 0.429. The number of hydrogen-bond acceptors (Lipinski definition) is 4. The highest BCUT2D eigenvalue weighted by atomic mass is 16.5. The van der Waals surface area contributed by atoms with Crippen molar-refractivity contribution in [3.63, 3.8) is 0 Å². The van der Waals surface area contributed by atoms with Gasteiger partial charge in [-0.15, -0.1) is 0 Å². The molecular weight excluding hydrogens is 276 g/mol. The van der Waals surface area contributed by atoms with E-state index in [1.165, 1.54) is 0 Å². The molecule has 7 nitrogen and oxygen atoms in total. The standard InChI is InChI=1S/C14H18N2O5/c1-21-8-9-3-2-4-10(5-9)15-14(20)16-7-11(17)6-12(16)13(18)19/h2-5,11-12,17H,6-8H2,1H3,(H,15,20)(H,18,19)/t11-,12+/m1/s1. The van der Waals surface area contributed by atoms with Crippen LogP contribution in [0.4, 0.5) is 10.5 Å². The molecule has 0 saturated carbocycles. The van der Waals surface area contributed by atoms with Crippen LogP contribution in [0.2, 0.25) is 0 Å². The number of nitrogens with one attached hydrogen (secondary N) is 1. The van der Waals surface area contributed by atoms with Crippen molar-refractivity contribution in [1.29, 1.82) is 0 Å². The van der Waals surface area contributed by atoms with E-state index >= 15 is 0 Å². The number of aliphatic hydroxyl groups excluding tert-OH is 1. The molecule has 114 valence electrons. The van der Waals surface area contributed by atoms with E-state index in [4.69, 9.17) is 9.84 Å². The Morgan fingerprint density at radius 2 is 2.24 bits per heavy atom. The molecule has 0 spiro atoms. The van der Waals surface area contributed by atoms with Crippen LogP contribution in [-0.2, 0) is 16.1 Å². The van der Waals surface area contributed by atoms with Gasteiger partial charge in [0.15, 0.2) is 0 Å². The van der Waals surface area contributed by atoms with Gasteiger partial charge in [0.2, 0.25) is 0 Å². The number of aliphatic carboxylic acids is 1. The largest absolute Gasteiger partial charge is 0.480 e. The smallest absolute Gasteiger partial charge is 0.326 e. The number of hydrogen-bond donors (Lipinski definition) is 3. The maximum absolute atomic E-state index is 12.2. The fourth-order valence-electron chi connectivity index (χ4n) is 2.37. The van der Waals surface area contributed by atoms with E-state index in [0.717, 1.165) is 10.5 Å². The Labute approximate surface area is 122 Å². The van der Waals surface area contributed by atoms with Crippen molar-refractivity contribution >= 4 is 17.7 Å². The number of aliphatic hydroxyl groups is 1. The quantitative estimate of drug-likeness (QED) is 0.765. The predicted octanol–water partition coefficient (Wildman–Crippen LogP) is 0.885. The molecule has 0 bridgehead atoms. The zero-order valence-corrected chi connectivity index (χ0v) is 11.7. The normalized spacial score (nSPS) is 21.3. The summed E-state index contributed by atoms with van der Waals surface area (Å²) >= 11 is 0. The molecule has 1 aromatic carbocycles. The fourth-order valence-corrected chi connectivity index (χ4v) is 2.37. The zero-order valence-electron chi connectivity index (χ0n) is 11.7. The first-order valence-electron chi connectivity index (χ1n) is 6.57. The van der Waals surface area contributed by atoms with Crippen LogP contribution >= 0.6 is 0 Å². The second kappa shape index (κ2) is 6.55. The lowest BCUT2D eigenvalue weighted by molar-refractivity contribution is -0.141. The number of carboxylic acid groups (broad SMARTS) is 1.